The molecule has 9 nitrogen and oxygen atoms in total. The Balaban J connectivity index is 1.19. The maximum absolute atomic E-state index is 5.50. The van der Waals surface area contributed by atoms with Crippen LogP contribution in [-0.2, 0) is 11.3 Å². The predicted molar refractivity (Wildman–Crippen MR) is 136 cm³/mol. The van der Waals surface area contributed by atoms with Gasteiger partial charge in [0.25, 0.3) is 0 Å². The first-order valence-electron chi connectivity index (χ1n) is 12.3. The minimum absolute atomic E-state index is 0.437. The van der Waals surface area contributed by atoms with Crippen LogP contribution in [-0.4, -0.2) is 69.2 Å². The van der Waals surface area contributed by atoms with E-state index in [-0.39, 0.29) is 0 Å². The molecule has 0 spiro atoms. The van der Waals surface area contributed by atoms with Crippen LogP contribution in [0, 0.1) is 0 Å². The van der Waals surface area contributed by atoms with E-state index in [0.29, 0.717) is 11.9 Å². The molecule has 9 heteroatoms. The molecule has 6 rings (SSSR count). The smallest absolute Gasteiger partial charge is 0.206 e. The van der Waals surface area contributed by atoms with Gasteiger partial charge in [-0.05, 0) is 48.7 Å². The standard InChI is InChI=1S/C26H30N8O/c1-2-21-24(14-20(1)23-15-22(29-17-30-23)19-4-11-35-12-5-19)32-26(31-21)33-25-13-18(3-6-28-25)16-34-9-7-27-8-10-34/h1-3,6,13-15,17,19,27H,4-5,7-12,16H2,(H2,28,31,32,33). The van der Waals surface area contributed by atoms with Crippen molar-refractivity contribution in [2.45, 2.75) is 25.3 Å². The highest BCUT2D eigenvalue weighted by atomic mass is 16.5. The number of ether oxygens (including phenoxy) is 1. The van der Waals surface area contributed by atoms with Crippen LogP contribution in [0.2, 0.25) is 0 Å². The highest BCUT2D eigenvalue weighted by Crippen LogP contribution is 2.29. The molecule has 2 saturated heterocycles. The molecule has 5 heterocycles. The van der Waals surface area contributed by atoms with E-state index in [1.54, 1.807) is 6.33 Å². The van der Waals surface area contributed by atoms with E-state index in [0.717, 1.165) is 92.6 Å². The summed E-state index contributed by atoms with van der Waals surface area (Å²) in [5.41, 5.74) is 6.15. The Morgan fingerprint density at radius 1 is 1.00 bits per heavy atom. The SMILES string of the molecule is c1cc(CN2CCNCC2)cc(Nc2nc3ccc(-c4cc(C5CCOCC5)ncn4)cc3[nH]2)n1. The number of anilines is 2. The van der Waals surface area contributed by atoms with Gasteiger partial charge in [-0.1, -0.05) is 6.07 Å². The highest BCUT2D eigenvalue weighted by molar-refractivity contribution is 5.83. The maximum Gasteiger partial charge on any atom is 0.206 e. The summed E-state index contributed by atoms with van der Waals surface area (Å²) < 4.78 is 5.50. The van der Waals surface area contributed by atoms with Crippen molar-refractivity contribution in [3.05, 3.63) is 60.2 Å². The summed E-state index contributed by atoms with van der Waals surface area (Å²) >= 11 is 0. The molecule has 0 radical (unpaired) electrons. The van der Waals surface area contributed by atoms with Crippen molar-refractivity contribution in [3.8, 4) is 11.3 Å². The molecule has 0 atom stereocenters. The van der Waals surface area contributed by atoms with E-state index in [1.165, 1.54) is 5.56 Å². The third-order valence-corrected chi connectivity index (χ3v) is 6.79. The molecule has 1 aromatic carbocycles. The van der Waals surface area contributed by atoms with Crippen molar-refractivity contribution in [2.24, 2.45) is 0 Å². The third kappa shape index (κ3) is 5.17. The zero-order valence-electron chi connectivity index (χ0n) is 19.7. The van der Waals surface area contributed by atoms with Gasteiger partial charge in [-0.2, -0.15) is 0 Å². The average molecular weight is 471 g/mol. The second kappa shape index (κ2) is 10.1. The summed E-state index contributed by atoms with van der Waals surface area (Å²) in [4.78, 5) is 24.1. The summed E-state index contributed by atoms with van der Waals surface area (Å²) in [7, 11) is 0. The van der Waals surface area contributed by atoms with Gasteiger partial charge < -0.3 is 20.4 Å². The third-order valence-electron chi connectivity index (χ3n) is 6.79. The van der Waals surface area contributed by atoms with Gasteiger partial charge >= 0.3 is 0 Å². The lowest BCUT2D eigenvalue weighted by Crippen LogP contribution is -2.42. The highest BCUT2D eigenvalue weighted by Gasteiger charge is 2.18. The van der Waals surface area contributed by atoms with Gasteiger partial charge in [-0.3, -0.25) is 4.90 Å². The number of pyridine rings is 1. The van der Waals surface area contributed by atoms with Crippen LogP contribution in [0.5, 0.6) is 0 Å². The molecule has 0 amide bonds. The number of fused-ring (bicyclic) bond motifs is 1. The molecule has 2 fully saturated rings. The van der Waals surface area contributed by atoms with E-state index in [1.807, 2.05) is 12.3 Å². The number of H-pyrrole nitrogens is 1. The number of benzene rings is 1. The largest absolute Gasteiger partial charge is 0.381 e. The lowest BCUT2D eigenvalue weighted by atomic mass is 9.95. The molecule has 0 bridgehead atoms. The Morgan fingerprint density at radius 3 is 2.77 bits per heavy atom. The van der Waals surface area contributed by atoms with Crippen molar-refractivity contribution in [2.75, 3.05) is 44.7 Å². The average Bonchev–Trinajstić information content (AvgIpc) is 3.31. The van der Waals surface area contributed by atoms with Crippen LogP contribution in [0.25, 0.3) is 22.3 Å². The Labute approximate surface area is 204 Å². The Hall–Kier alpha value is -3.40. The zero-order valence-corrected chi connectivity index (χ0v) is 19.7. The summed E-state index contributed by atoms with van der Waals surface area (Å²) in [6.45, 7) is 6.75. The van der Waals surface area contributed by atoms with Crippen molar-refractivity contribution in [1.82, 2.24) is 35.1 Å². The fourth-order valence-corrected chi connectivity index (χ4v) is 4.86. The van der Waals surface area contributed by atoms with E-state index >= 15 is 0 Å². The summed E-state index contributed by atoms with van der Waals surface area (Å²) in [6, 6.07) is 12.5. The van der Waals surface area contributed by atoms with Gasteiger partial charge in [0, 0.05) is 69.3 Å². The number of hydrogen-bond acceptors (Lipinski definition) is 8. The Bertz CT molecular complexity index is 1290. The monoisotopic (exact) mass is 470 g/mol. The molecular weight excluding hydrogens is 440 g/mol. The fraction of sp³-hybridized carbons (Fsp3) is 0.385. The van der Waals surface area contributed by atoms with Gasteiger partial charge in [0.2, 0.25) is 5.95 Å². The van der Waals surface area contributed by atoms with Crippen molar-refractivity contribution < 1.29 is 4.74 Å². The molecule has 180 valence electrons. The van der Waals surface area contributed by atoms with E-state index < -0.39 is 0 Å². The molecule has 0 unspecified atom stereocenters. The molecule has 3 aromatic heterocycles. The molecule has 4 aromatic rings. The number of rotatable bonds is 6. The van der Waals surface area contributed by atoms with Crippen LogP contribution in [0.3, 0.4) is 0 Å². The number of aromatic amines is 1. The number of hydrogen-bond donors (Lipinski definition) is 3. The van der Waals surface area contributed by atoms with Crippen molar-refractivity contribution >= 4 is 22.8 Å². The first-order valence-corrected chi connectivity index (χ1v) is 12.3. The van der Waals surface area contributed by atoms with Gasteiger partial charge in [0.15, 0.2) is 0 Å². The molecule has 2 aliphatic heterocycles. The van der Waals surface area contributed by atoms with Crippen molar-refractivity contribution in [1.29, 1.82) is 0 Å². The number of imidazole rings is 1. The first-order chi connectivity index (χ1) is 17.3. The summed E-state index contributed by atoms with van der Waals surface area (Å²) in [5, 5.41) is 6.74. The normalized spacial score (nSPS) is 17.6. The van der Waals surface area contributed by atoms with E-state index in [2.05, 4.69) is 65.8 Å². The summed E-state index contributed by atoms with van der Waals surface area (Å²) in [5.74, 6) is 1.90. The molecule has 2 aliphatic rings. The van der Waals surface area contributed by atoms with Gasteiger partial charge in [-0.25, -0.2) is 19.9 Å². The second-order valence-corrected chi connectivity index (χ2v) is 9.23. The van der Waals surface area contributed by atoms with E-state index in [4.69, 9.17) is 9.72 Å². The topological polar surface area (TPSA) is 104 Å². The zero-order chi connectivity index (χ0) is 23.5. The number of aromatic nitrogens is 5. The molecular formula is C26H30N8O. The van der Waals surface area contributed by atoms with Crippen molar-refractivity contribution in [3.63, 3.8) is 0 Å². The van der Waals surface area contributed by atoms with Gasteiger partial charge in [0.1, 0.15) is 12.1 Å². The Morgan fingerprint density at radius 2 is 1.89 bits per heavy atom. The van der Waals surface area contributed by atoms with Crippen LogP contribution < -0.4 is 10.6 Å². The van der Waals surface area contributed by atoms with Crippen LogP contribution >= 0.6 is 0 Å². The van der Waals surface area contributed by atoms with Crippen LogP contribution in [0.4, 0.5) is 11.8 Å². The molecule has 35 heavy (non-hydrogen) atoms. The molecule has 0 saturated carbocycles. The van der Waals surface area contributed by atoms with Gasteiger partial charge in [-0.15, -0.1) is 0 Å². The number of nitrogens with zero attached hydrogens (tertiary/aromatic N) is 5. The summed E-state index contributed by atoms with van der Waals surface area (Å²) in [6.07, 6.45) is 5.54. The number of piperazine rings is 1. The first kappa shape index (κ1) is 22.1. The minimum Gasteiger partial charge on any atom is -0.381 e. The maximum atomic E-state index is 5.50. The fourth-order valence-electron chi connectivity index (χ4n) is 4.86. The Kier molecular flexibility index (Phi) is 6.35. The lowest BCUT2D eigenvalue weighted by Gasteiger charge is -2.27. The van der Waals surface area contributed by atoms with Gasteiger partial charge in [0.05, 0.1) is 16.7 Å². The molecule has 3 N–H and O–H groups in total. The number of nitrogens with one attached hydrogen (secondary N) is 3. The quantitative estimate of drug-likeness (QED) is 0.394. The van der Waals surface area contributed by atoms with Crippen LogP contribution in [0.15, 0.2) is 48.9 Å². The second-order valence-electron chi connectivity index (χ2n) is 9.23. The van der Waals surface area contributed by atoms with E-state index in [9.17, 15) is 0 Å². The molecule has 0 aliphatic carbocycles. The lowest BCUT2D eigenvalue weighted by molar-refractivity contribution is 0.0845. The van der Waals surface area contributed by atoms with Crippen LogP contribution in [0.1, 0.15) is 30.0 Å². The predicted octanol–water partition coefficient (Wildman–Crippen LogP) is 3.46. The minimum atomic E-state index is 0.437.